The lowest BCUT2D eigenvalue weighted by molar-refractivity contribution is -0.163. The average molecular weight is 451 g/mol. The molecule has 1 rings (SSSR count). The SMILES string of the molecule is CCOC(=O)C1CCC(CCC(Cl)C(C)CCC(Cl)C(C)C)CC1C(=O)OCC. The van der Waals surface area contributed by atoms with Crippen LogP contribution in [0.25, 0.3) is 0 Å². The molecule has 6 heteroatoms. The van der Waals surface area contributed by atoms with Gasteiger partial charge in [-0.3, -0.25) is 9.59 Å². The molecule has 4 nitrogen and oxygen atoms in total. The first-order valence-corrected chi connectivity index (χ1v) is 12.2. The maximum Gasteiger partial charge on any atom is 0.309 e. The third-order valence-corrected chi connectivity index (χ3v) is 7.60. The Bertz CT molecular complexity index is 497. The van der Waals surface area contributed by atoms with E-state index in [1.165, 1.54) is 0 Å². The molecule has 6 unspecified atom stereocenters. The van der Waals surface area contributed by atoms with Crippen molar-refractivity contribution < 1.29 is 19.1 Å². The summed E-state index contributed by atoms with van der Waals surface area (Å²) < 4.78 is 10.4. The average Bonchev–Trinajstić information content (AvgIpc) is 2.69. The summed E-state index contributed by atoms with van der Waals surface area (Å²) in [5.41, 5.74) is 0. The van der Waals surface area contributed by atoms with Crippen LogP contribution in [-0.4, -0.2) is 35.9 Å². The summed E-state index contributed by atoms with van der Waals surface area (Å²) in [4.78, 5) is 24.7. The zero-order chi connectivity index (χ0) is 22.0. The minimum absolute atomic E-state index is 0.106. The Labute approximate surface area is 187 Å². The van der Waals surface area contributed by atoms with Gasteiger partial charge in [-0.15, -0.1) is 23.2 Å². The molecular formula is C23H40Cl2O4. The minimum atomic E-state index is -0.401. The van der Waals surface area contributed by atoms with Crippen molar-refractivity contribution in [2.24, 2.45) is 29.6 Å². The van der Waals surface area contributed by atoms with E-state index in [2.05, 4.69) is 20.8 Å². The van der Waals surface area contributed by atoms with Gasteiger partial charge in [-0.1, -0.05) is 20.8 Å². The van der Waals surface area contributed by atoms with Gasteiger partial charge in [0.05, 0.1) is 25.0 Å². The standard InChI is InChI=1S/C23H40Cl2O4/c1-6-28-22(26)18-11-9-17(14-19(18)23(27)29-7-2)10-13-21(25)16(5)8-12-20(24)15(3)4/h15-21H,6-14H2,1-5H3. The van der Waals surface area contributed by atoms with Gasteiger partial charge in [-0.05, 0) is 76.5 Å². The number of halogens is 2. The third-order valence-electron chi connectivity index (χ3n) is 6.23. The lowest BCUT2D eigenvalue weighted by atomic mass is 9.72. The van der Waals surface area contributed by atoms with Crippen LogP contribution in [0.15, 0.2) is 0 Å². The van der Waals surface area contributed by atoms with E-state index in [1.54, 1.807) is 13.8 Å². The van der Waals surface area contributed by atoms with Gasteiger partial charge >= 0.3 is 11.9 Å². The molecule has 0 aromatic heterocycles. The molecule has 170 valence electrons. The van der Waals surface area contributed by atoms with Crippen molar-refractivity contribution in [1.82, 2.24) is 0 Å². The van der Waals surface area contributed by atoms with E-state index < -0.39 is 5.92 Å². The first kappa shape index (κ1) is 26.6. The Morgan fingerprint density at radius 2 is 1.45 bits per heavy atom. The zero-order valence-corrected chi connectivity index (χ0v) is 20.3. The second kappa shape index (κ2) is 13.7. The van der Waals surface area contributed by atoms with Crippen LogP contribution in [0.1, 0.15) is 79.6 Å². The Morgan fingerprint density at radius 1 is 0.862 bits per heavy atom. The maximum absolute atomic E-state index is 12.4. The lowest BCUT2D eigenvalue weighted by Gasteiger charge is -2.34. The summed E-state index contributed by atoms with van der Waals surface area (Å²) >= 11 is 13.0. The molecule has 0 heterocycles. The molecule has 0 amide bonds. The van der Waals surface area contributed by atoms with Crippen LogP contribution in [0.3, 0.4) is 0 Å². The van der Waals surface area contributed by atoms with Gasteiger partial charge in [0.15, 0.2) is 0 Å². The van der Waals surface area contributed by atoms with Crippen LogP contribution in [0.4, 0.5) is 0 Å². The molecule has 1 aliphatic rings. The molecule has 29 heavy (non-hydrogen) atoms. The second-order valence-electron chi connectivity index (χ2n) is 8.80. The van der Waals surface area contributed by atoms with Crippen LogP contribution in [0.5, 0.6) is 0 Å². The fraction of sp³-hybridized carbons (Fsp3) is 0.913. The molecule has 0 aromatic carbocycles. The van der Waals surface area contributed by atoms with Crippen LogP contribution in [0.2, 0.25) is 0 Å². The van der Waals surface area contributed by atoms with Crippen LogP contribution < -0.4 is 0 Å². The van der Waals surface area contributed by atoms with Crippen molar-refractivity contribution >= 4 is 35.1 Å². The number of rotatable bonds is 12. The van der Waals surface area contributed by atoms with Crippen LogP contribution >= 0.6 is 23.2 Å². The van der Waals surface area contributed by atoms with Crippen LogP contribution in [-0.2, 0) is 19.1 Å². The molecule has 0 N–H and O–H groups in total. The van der Waals surface area contributed by atoms with Crippen molar-refractivity contribution in [3.63, 3.8) is 0 Å². The van der Waals surface area contributed by atoms with E-state index in [4.69, 9.17) is 32.7 Å². The lowest BCUT2D eigenvalue weighted by Crippen LogP contribution is -2.37. The highest BCUT2D eigenvalue weighted by Crippen LogP contribution is 2.39. The molecule has 0 spiro atoms. The molecule has 1 fully saturated rings. The van der Waals surface area contributed by atoms with Gasteiger partial charge in [0.2, 0.25) is 0 Å². The highest BCUT2D eigenvalue weighted by atomic mass is 35.5. The number of esters is 2. The van der Waals surface area contributed by atoms with Crippen molar-refractivity contribution in [3.05, 3.63) is 0 Å². The highest BCUT2D eigenvalue weighted by Gasteiger charge is 2.41. The van der Waals surface area contributed by atoms with E-state index >= 15 is 0 Å². The zero-order valence-electron chi connectivity index (χ0n) is 18.8. The quantitative estimate of drug-likeness (QED) is 0.261. The highest BCUT2D eigenvalue weighted by molar-refractivity contribution is 6.21. The minimum Gasteiger partial charge on any atom is -0.466 e. The fourth-order valence-electron chi connectivity index (χ4n) is 4.18. The number of carbonyl (C=O) groups excluding carboxylic acids is 2. The fourth-order valence-corrected chi connectivity index (χ4v) is 4.55. The Kier molecular flexibility index (Phi) is 12.6. The van der Waals surface area contributed by atoms with Crippen molar-refractivity contribution in [2.45, 2.75) is 90.3 Å². The summed E-state index contributed by atoms with van der Waals surface area (Å²) in [6.45, 7) is 10.7. The largest absolute Gasteiger partial charge is 0.466 e. The molecule has 0 radical (unpaired) electrons. The predicted molar refractivity (Wildman–Crippen MR) is 119 cm³/mol. The van der Waals surface area contributed by atoms with Crippen molar-refractivity contribution in [2.75, 3.05) is 13.2 Å². The molecule has 0 aromatic rings. The van der Waals surface area contributed by atoms with E-state index in [-0.39, 0.29) is 28.6 Å². The van der Waals surface area contributed by atoms with E-state index in [0.717, 1.165) is 32.1 Å². The smallest absolute Gasteiger partial charge is 0.309 e. The topological polar surface area (TPSA) is 52.6 Å². The summed E-state index contributed by atoms with van der Waals surface area (Å²) in [5.74, 6) is -0.0448. The van der Waals surface area contributed by atoms with Gasteiger partial charge in [0, 0.05) is 10.8 Å². The van der Waals surface area contributed by atoms with Crippen molar-refractivity contribution in [1.29, 1.82) is 0 Å². The Morgan fingerprint density at radius 3 is 2.00 bits per heavy atom. The molecule has 0 saturated heterocycles. The summed E-state index contributed by atoms with van der Waals surface area (Å²) in [7, 11) is 0. The molecular weight excluding hydrogens is 411 g/mol. The van der Waals surface area contributed by atoms with Gasteiger partial charge in [-0.2, -0.15) is 0 Å². The van der Waals surface area contributed by atoms with Gasteiger partial charge in [-0.25, -0.2) is 0 Å². The molecule has 6 atom stereocenters. The molecule has 0 aliphatic heterocycles. The van der Waals surface area contributed by atoms with Crippen LogP contribution in [0, 0.1) is 29.6 Å². The van der Waals surface area contributed by atoms with E-state index in [9.17, 15) is 9.59 Å². The maximum atomic E-state index is 12.4. The number of ether oxygens (including phenoxy) is 2. The first-order valence-electron chi connectivity index (χ1n) is 11.3. The predicted octanol–water partition coefficient (Wildman–Crippen LogP) is 6.21. The molecule has 1 aliphatic carbocycles. The number of alkyl halides is 2. The van der Waals surface area contributed by atoms with Crippen molar-refractivity contribution in [3.8, 4) is 0 Å². The summed E-state index contributed by atoms with van der Waals surface area (Å²) in [6, 6.07) is 0. The normalized spacial score (nSPS) is 25.3. The second-order valence-corrected chi connectivity index (χ2v) is 9.93. The Balaban J connectivity index is 2.56. The van der Waals surface area contributed by atoms with Gasteiger partial charge in [0.25, 0.3) is 0 Å². The van der Waals surface area contributed by atoms with E-state index in [1.807, 2.05) is 0 Å². The molecule has 0 bridgehead atoms. The molecule has 1 saturated carbocycles. The number of hydrogen-bond donors (Lipinski definition) is 0. The van der Waals surface area contributed by atoms with Gasteiger partial charge in [0.1, 0.15) is 0 Å². The van der Waals surface area contributed by atoms with E-state index in [0.29, 0.717) is 43.8 Å². The van der Waals surface area contributed by atoms with Gasteiger partial charge < -0.3 is 9.47 Å². The number of carbonyl (C=O) groups is 2. The third kappa shape index (κ3) is 9.04. The number of hydrogen-bond acceptors (Lipinski definition) is 4. The monoisotopic (exact) mass is 450 g/mol. The summed E-state index contributed by atoms with van der Waals surface area (Å²) in [6.07, 6.45) is 6.19. The first-order chi connectivity index (χ1) is 13.7. The summed E-state index contributed by atoms with van der Waals surface area (Å²) in [5, 5.41) is 0.305. The Hall–Kier alpha value is -0.480.